The van der Waals surface area contributed by atoms with Crippen LogP contribution < -0.4 is 5.32 Å². The molecule has 2 heterocycles. The Hall–Kier alpha value is -1.30. The molecule has 4 unspecified atom stereocenters. The Labute approximate surface area is 113 Å². The number of fused-ring (bicyclic) bond motifs is 2. The van der Waals surface area contributed by atoms with Gasteiger partial charge in [0.2, 0.25) is 0 Å². The molecule has 2 amide bonds. The van der Waals surface area contributed by atoms with Crippen LogP contribution in [-0.4, -0.2) is 65.7 Å². The predicted molar refractivity (Wildman–Crippen MR) is 70.9 cm³/mol. The summed E-state index contributed by atoms with van der Waals surface area (Å²) in [5.74, 6) is -1.15. The molecule has 0 aliphatic carbocycles. The molecule has 6 nitrogen and oxygen atoms in total. The summed E-state index contributed by atoms with van der Waals surface area (Å²) < 4.78 is 0. The lowest BCUT2D eigenvalue weighted by molar-refractivity contribution is -0.142. The zero-order valence-electron chi connectivity index (χ0n) is 11.8. The van der Waals surface area contributed by atoms with E-state index in [-0.39, 0.29) is 30.1 Å². The first-order valence-electron chi connectivity index (χ1n) is 6.87. The van der Waals surface area contributed by atoms with Gasteiger partial charge in [0, 0.05) is 24.7 Å². The van der Waals surface area contributed by atoms with E-state index in [0.717, 1.165) is 12.8 Å². The molecule has 0 aromatic carbocycles. The van der Waals surface area contributed by atoms with Gasteiger partial charge < -0.3 is 20.2 Å². The van der Waals surface area contributed by atoms with E-state index in [1.807, 2.05) is 25.9 Å². The van der Waals surface area contributed by atoms with E-state index in [2.05, 4.69) is 5.32 Å². The Morgan fingerprint density at radius 2 is 2.11 bits per heavy atom. The number of carbonyl (C=O) groups is 2. The van der Waals surface area contributed by atoms with Gasteiger partial charge in [-0.25, -0.2) is 4.79 Å². The minimum Gasteiger partial charge on any atom is -0.481 e. The van der Waals surface area contributed by atoms with E-state index in [9.17, 15) is 9.59 Å². The predicted octanol–water partition coefficient (Wildman–Crippen LogP) is 0.584. The van der Waals surface area contributed by atoms with E-state index in [1.54, 1.807) is 4.90 Å². The Bertz CT molecular complexity index is 372. The molecular weight excluding hydrogens is 246 g/mol. The molecule has 0 saturated carbocycles. The minimum absolute atomic E-state index is 0.107. The number of hydrogen-bond donors (Lipinski definition) is 2. The molecule has 2 fully saturated rings. The topological polar surface area (TPSA) is 72.9 Å². The first-order chi connectivity index (χ1) is 8.91. The lowest BCUT2D eigenvalue weighted by Crippen LogP contribution is -2.47. The van der Waals surface area contributed by atoms with Crippen LogP contribution in [0, 0.1) is 5.92 Å². The Morgan fingerprint density at radius 1 is 1.42 bits per heavy atom. The fourth-order valence-corrected chi connectivity index (χ4v) is 3.08. The van der Waals surface area contributed by atoms with Crippen LogP contribution in [0.15, 0.2) is 0 Å². The number of nitrogens with zero attached hydrogens (tertiary/aromatic N) is 2. The lowest BCUT2D eigenvalue weighted by atomic mass is 9.89. The summed E-state index contributed by atoms with van der Waals surface area (Å²) in [7, 11) is 3.94. The van der Waals surface area contributed by atoms with Gasteiger partial charge >= 0.3 is 12.0 Å². The number of rotatable bonds is 4. The number of carbonyl (C=O) groups excluding carboxylic acids is 1. The standard InChI is InChI=1S/C13H23N3O3/c1-8(15(2)3)7-14-13(19)16-9-4-5-11(16)10(6-9)12(17)18/h8-11H,4-7H2,1-3H3,(H,14,19)(H,17,18). The second kappa shape index (κ2) is 5.36. The number of nitrogens with one attached hydrogen (secondary N) is 1. The van der Waals surface area contributed by atoms with Gasteiger partial charge in [0.1, 0.15) is 0 Å². The van der Waals surface area contributed by atoms with Crippen molar-refractivity contribution in [2.45, 2.75) is 44.3 Å². The number of urea groups is 1. The van der Waals surface area contributed by atoms with Crippen molar-refractivity contribution < 1.29 is 14.7 Å². The van der Waals surface area contributed by atoms with Crippen LogP contribution in [-0.2, 0) is 4.79 Å². The summed E-state index contributed by atoms with van der Waals surface area (Å²) in [5.41, 5.74) is 0. The van der Waals surface area contributed by atoms with Crippen molar-refractivity contribution in [3.05, 3.63) is 0 Å². The second-order valence-corrected chi connectivity index (χ2v) is 5.88. The van der Waals surface area contributed by atoms with Crippen molar-refractivity contribution in [2.24, 2.45) is 5.92 Å². The molecule has 2 bridgehead atoms. The molecule has 2 aliphatic rings. The van der Waals surface area contributed by atoms with Crippen molar-refractivity contribution in [1.29, 1.82) is 0 Å². The quantitative estimate of drug-likeness (QED) is 0.783. The maximum atomic E-state index is 12.2. The first-order valence-corrected chi connectivity index (χ1v) is 6.87. The highest BCUT2D eigenvalue weighted by Gasteiger charge is 2.51. The average Bonchev–Trinajstić information content (AvgIpc) is 2.92. The summed E-state index contributed by atoms with van der Waals surface area (Å²) >= 11 is 0. The van der Waals surface area contributed by atoms with Crippen LogP contribution in [0.25, 0.3) is 0 Å². The third-order valence-corrected chi connectivity index (χ3v) is 4.52. The maximum Gasteiger partial charge on any atom is 0.317 e. The molecule has 0 aromatic heterocycles. The zero-order chi connectivity index (χ0) is 14.2. The molecule has 0 radical (unpaired) electrons. The number of hydrogen-bond acceptors (Lipinski definition) is 3. The van der Waals surface area contributed by atoms with Crippen LogP contribution in [0.4, 0.5) is 4.79 Å². The molecule has 4 atom stereocenters. The highest BCUT2D eigenvalue weighted by Crippen LogP contribution is 2.41. The SMILES string of the molecule is CC(CNC(=O)N1C2CCC1C(C(=O)O)C2)N(C)C. The van der Waals surface area contributed by atoms with Crippen molar-refractivity contribution in [3.8, 4) is 0 Å². The third kappa shape index (κ3) is 2.68. The zero-order valence-corrected chi connectivity index (χ0v) is 11.8. The van der Waals surface area contributed by atoms with Gasteiger partial charge in [-0.05, 0) is 40.3 Å². The molecule has 0 aromatic rings. The molecule has 2 aliphatic heterocycles. The Balaban J connectivity index is 1.92. The monoisotopic (exact) mass is 269 g/mol. The molecule has 2 N–H and O–H groups in total. The number of carboxylic acids is 1. The summed E-state index contributed by atoms with van der Waals surface area (Å²) in [6.07, 6.45) is 2.36. The molecule has 19 heavy (non-hydrogen) atoms. The van der Waals surface area contributed by atoms with Crippen molar-refractivity contribution >= 4 is 12.0 Å². The smallest absolute Gasteiger partial charge is 0.317 e. The highest BCUT2D eigenvalue weighted by atomic mass is 16.4. The van der Waals surface area contributed by atoms with Crippen LogP contribution in [0.1, 0.15) is 26.2 Å². The van der Waals surface area contributed by atoms with E-state index in [4.69, 9.17) is 5.11 Å². The van der Waals surface area contributed by atoms with Crippen LogP contribution in [0.3, 0.4) is 0 Å². The maximum absolute atomic E-state index is 12.2. The van der Waals surface area contributed by atoms with Gasteiger partial charge in [-0.2, -0.15) is 0 Å². The average molecular weight is 269 g/mol. The van der Waals surface area contributed by atoms with E-state index in [1.165, 1.54) is 0 Å². The third-order valence-electron chi connectivity index (χ3n) is 4.52. The van der Waals surface area contributed by atoms with E-state index in [0.29, 0.717) is 13.0 Å². The van der Waals surface area contributed by atoms with Gasteiger partial charge in [0.25, 0.3) is 0 Å². The van der Waals surface area contributed by atoms with Crippen LogP contribution in [0.5, 0.6) is 0 Å². The summed E-state index contributed by atoms with van der Waals surface area (Å²) in [6.45, 7) is 2.62. The molecule has 2 rings (SSSR count). The Kier molecular flexibility index (Phi) is 3.99. The molecular formula is C13H23N3O3. The van der Waals surface area contributed by atoms with Gasteiger partial charge in [-0.1, -0.05) is 0 Å². The highest BCUT2D eigenvalue weighted by molar-refractivity contribution is 5.79. The number of likely N-dealkylation sites (N-methyl/N-ethyl adjacent to an activating group) is 1. The van der Waals surface area contributed by atoms with Crippen LogP contribution in [0.2, 0.25) is 0 Å². The van der Waals surface area contributed by atoms with Crippen molar-refractivity contribution in [2.75, 3.05) is 20.6 Å². The number of amides is 2. The Morgan fingerprint density at radius 3 is 2.63 bits per heavy atom. The summed E-state index contributed by atoms with van der Waals surface area (Å²) in [5, 5.41) is 12.1. The number of carboxylic acid groups (broad SMARTS) is 1. The van der Waals surface area contributed by atoms with Crippen molar-refractivity contribution in [3.63, 3.8) is 0 Å². The van der Waals surface area contributed by atoms with Crippen molar-refractivity contribution in [1.82, 2.24) is 15.1 Å². The number of aliphatic carboxylic acids is 1. The van der Waals surface area contributed by atoms with E-state index >= 15 is 0 Å². The van der Waals surface area contributed by atoms with Gasteiger partial charge in [0.15, 0.2) is 0 Å². The van der Waals surface area contributed by atoms with Gasteiger partial charge in [0.05, 0.1) is 5.92 Å². The van der Waals surface area contributed by atoms with E-state index < -0.39 is 5.97 Å². The molecule has 6 heteroatoms. The van der Waals surface area contributed by atoms with Gasteiger partial charge in [-0.15, -0.1) is 0 Å². The lowest BCUT2D eigenvalue weighted by Gasteiger charge is -2.26. The summed E-state index contributed by atoms with van der Waals surface area (Å²) in [4.78, 5) is 27.2. The normalized spacial score (nSPS) is 30.7. The van der Waals surface area contributed by atoms with Gasteiger partial charge in [-0.3, -0.25) is 4.79 Å². The second-order valence-electron chi connectivity index (χ2n) is 5.88. The fourth-order valence-electron chi connectivity index (χ4n) is 3.08. The largest absolute Gasteiger partial charge is 0.481 e. The van der Waals surface area contributed by atoms with Crippen LogP contribution >= 0.6 is 0 Å². The first kappa shape index (κ1) is 14.1. The fraction of sp³-hybridized carbons (Fsp3) is 0.846. The molecule has 2 saturated heterocycles. The summed E-state index contributed by atoms with van der Waals surface area (Å²) in [6, 6.07) is 0.155. The molecule has 0 spiro atoms. The minimum atomic E-state index is -0.772. The molecule has 108 valence electrons.